The Hall–Kier alpha value is -2.28. The summed E-state index contributed by atoms with van der Waals surface area (Å²) in [4.78, 5) is 25.1. The molecule has 0 unspecified atom stereocenters. The first-order valence-corrected chi connectivity index (χ1v) is 8.20. The zero-order valence-corrected chi connectivity index (χ0v) is 14.4. The maximum atomic E-state index is 12.0. The maximum Gasteiger partial charge on any atom is 0.317 e. The lowest BCUT2D eigenvalue weighted by Crippen LogP contribution is -2.31. The Kier molecular flexibility index (Phi) is 6.43. The molecule has 1 aromatic rings. The van der Waals surface area contributed by atoms with E-state index in [1.807, 2.05) is 26.0 Å². The third kappa shape index (κ3) is 4.86. The van der Waals surface area contributed by atoms with E-state index in [2.05, 4.69) is 10.6 Å². The molecule has 0 saturated carbocycles. The molecule has 0 aliphatic carbocycles. The molecule has 132 valence electrons. The Bertz CT molecular complexity index is 591. The second-order valence-corrected chi connectivity index (χ2v) is 5.63. The Balaban J connectivity index is 1.85. The standard InChI is InChI=1S/C17H25N3O4/c1-4-23-13(3)16(21)19-15-6-5-14(11-12(15)2)24-10-9-20-8-7-18-17(20)22/h5-6,11,13H,4,7-10H2,1-3H3,(H,18,22)(H,19,21)/t13-/m0/s1. The van der Waals surface area contributed by atoms with E-state index >= 15 is 0 Å². The van der Waals surface area contributed by atoms with E-state index in [1.54, 1.807) is 17.9 Å². The third-order valence-electron chi connectivity index (χ3n) is 3.82. The molecule has 0 radical (unpaired) electrons. The second-order valence-electron chi connectivity index (χ2n) is 5.63. The summed E-state index contributed by atoms with van der Waals surface area (Å²) in [6.45, 7) is 8.36. The molecule has 0 aromatic heterocycles. The molecule has 0 spiro atoms. The van der Waals surface area contributed by atoms with Gasteiger partial charge < -0.3 is 25.0 Å². The lowest BCUT2D eigenvalue weighted by atomic mass is 10.2. The number of carbonyl (C=O) groups is 2. The molecule has 3 amide bonds. The SMILES string of the molecule is CCO[C@@H](C)C(=O)Nc1ccc(OCCN2CCNC2=O)cc1C. The van der Waals surface area contributed by atoms with Crippen molar-refractivity contribution in [1.82, 2.24) is 10.2 Å². The topological polar surface area (TPSA) is 79.9 Å². The van der Waals surface area contributed by atoms with Crippen LogP contribution in [0.1, 0.15) is 19.4 Å². The normalized spacial score (nSPS) is 15.1. The molecule has 2 rings (SSSR count). The molecular formula is C17H25N3O4. The summed E-state index contributed by atoms with van der Waals surface area (Å²) in [6, 6.07) is 5.43. The van der Waals surface area contributed by atoms with Crippen LogP contribution in [0.3, 0.4) is 0 Å². The number of benzene rings is 1. The van der Waals surface area contributed by atoms with Crippen LogP contribution in [0.2, 0.25) is 0 Å². The van der Waals surface area contributed by atoms with Crippen molar-refractivity contribution in [1.29, 1.82) is 0 Å². The van der Waals surface area contributed by atoms with Gasteiger partial charge in [-0.25, -0.2) is 4.79 Å². The van der Waals surface area contributed by atoms with E-state index in [1.165, 1.54) is 0 Å². The lowest BCUT2D eigenvalue weighted by molar-refractivity contribution is -0.126. The van der Waals surface area contributed by atoms with E-state index in [9.17, 15) is 9.59 Å². The average molecular weight is 335 g/mol. The van der Waals surface area contributed by atoms with E-state index in [0.29, 0.717) is 38.6 Å². The van der Waals surface area contributed by atoms with Crippen LogP contribution in [0, 0.1) is 6.92 Å². The van der Waals surface area contributed by atoms with E-state index in [0.717, 1.165) is 11.3 Å². The molecule has 1 aromatic carbocycles. The van der Waals surface area contributed by atoms with Crippen molar-refractivity contribution < 1.29 is 19.1 Å². The fourth-order valence-electron chi connectivity index (χ4n) is 2.42. The van der Waals surface area contributed by atoms with Crippen LogP contribution in [0.5, 0.6) is 5.75 Å². The number of carbonyl (C=O) groups excluding carboxylic acids is 2. The van der Waals surface area contributed by atoms with Crippen LogP contribution < -0.4 is 15.4 Å². The molecule has 0 bridgehead atoms. The van der Waals surface area contributed by atoms with Crippen LogP contribution in [-0.2, 0) is 9.53 Å². The fraction of sp³-hybridized carbons (Fsp3) is 0.529. The minimum absolute atomic E-state index is 0.0451. The summed E-state index contributed by atoms with van der Waals surface area (Å²) in [6.07, 6.45) is -0.489. The van der Waals surface area contributed by atoms with E-state index < -0.39 is 6.10 Å². The predicted molar refractivity (Wildman–Crippen MR) is 91.4 cm³/mol. The van der Waals surface area contributed by atoms with Gasteiger partial charge in [-0.1, -0.05) is 0 Å². The molecule has 1 saturated heterocycles. The van der Waals surface area contributed by atoms with Gasteiger partial charge in [0.2, 0.25) is 0 Å². The van der Waals surface area contributed by atoms with Gasteiger partial charge in [-0.15, -0.1) is 0 Å². The van der Waals surface area contributed by atoms with E-state index in [4.69, 9.17) is 9.47 Å². The molecular weight excluding hydrogens is 310 g/mol. The van der Waals surface area contributed by atoms with Crippen LogP contribution in [-0.4, -0.2) is 55.8 Å². The number of urea groups is 1. The van der Waals surface area contributed by atoms with Gasteiger partial charge in [-0.3, -0.25) is 4.79 Å². The van der Waals surface area contributed by atoms with Crippen molar-refractivity contribution in [3.8, 4) is 5.75 Å². The number of nitrogens with one attached hydrogen (secondary N) is 2. The molecule has 1 atom stereocenters. The fourth-order valence-corrected chi connectivity index (χ4v) is 2.42. The highest BCUT2D eigenvalue weighted by Gasteiger charge is 2.18. The number of amides is 3. The number of ether oxygens (including phenoxy) is 2. The predicted octanol–water partition coefficient (Wildman–Crippen LogP) is 1.76. The smallest absolute Gasteiger partial charge is 0.317 e. The van der Waals surface area contributed by atoms with Crippen molar-refractivity contribution in [2.45, 2.75) is 26.9 Å². The van der Waals surface area contributed by atoms with Gasteiger partial charge in [0.1, 0.15) is 18.5 Å². The highest BCUT2D eigenvalue weighted by atomic mass is 16.5. The van der Waals surface area contributed by atoms with Crippen LogP contribution >= 0.6 is 0 Å². The molecule has 1 fully saturated rings. The molecule has 24 heavy (non-hydrogen) atoms. The largest absolute Gasteiger partial charge is 0.492 e. The first-order valence-electron chi connectivity index (χ1n) is 8.20. The highest BCUT2D eigenvalue weighted by Crippen LogP contribution is 2.21. The molecule has 7 heteroatoms. The number of anilines is 1. The Morgan fingerprint density at radius 1 is 1.46 bits per heavy atom. The summed E-state index contributed by atoms with van der Waals surface area (Å²) in [7, 11) is 0. The monoisotopic (exact) mass is 335 g/mol. The molecule has 1 heterocycles. The summed E-state index contributed by atoms with van der Waals surface area (Å²) in [5, 5.41) is 5.60. The van der Waals surface area contributed by atoms with E-state index in [-0.39, 0.29) is 11.9 Å². The minimum atomic E-state index is -0.489. The summed E-state index contributed by atoms with van der Waals surface area (Å²) < 4.78 is 11.0. The summed E-state index contributed by atoms with van der Waals surface area (Å²) in [5.41, 5.74) is 1.64. The van der Waals surface area contributed by atoms with Gasteiger partial charge in [0.15, 0.2) is 0 Å². The molecule has 1 aliphatic heterocycles. The molecule has 1 aliphatic rings. The van der Waals surface area contributed by atoms with Gasteiger partial charge in [0, 0.05) is 25.4 Å². The molecule has 2 N–H and O–H groups in total. The van der Waals surface area contributed by atoms with Gasteiger partial charge >= 0.3 is 6.03 Å². The Labute approximate surface area is 142 Å². The highest BCUT2D eigenvalue weighted by molar-refractivity contribution is 5.94. The van der Waals surface area contributed by atoms with Crippen molar-refractivity contribution >= 4 is 17.6 Å². The number of rotatable bonds is 8. The first kappa shape index (κ1) is 18.1. The zero-order valence-electron chi connectivity index (χ0n) is 14.4. The number of nitrogens with zero attached hydrogens (tertiary/aromatic N) is 1. The third-order valence-corrected chi connectivity index (χ3v) is 3.82. The van der Waals surface area contributed by atoms with Gasteiger partial charge in [-0.05, 0) is 44.5 Å². The maximum absolute atomic E-state index is 12.0. The van der Waals surface area contributed by atoms with Crippen LogP contribution in [0.4, 0.5) is 10.5 Å². The Morgan fingerprint density at radius 2 is 2.25 bits per heavy atom. The van der Waals surface area contributed by atoms with Gasteiger partial charge in [0.25, 0.3) is 5.91 Å². The van der Waals surface area contributed by atoms with Crippen LogP contribution in [0.15, 0.2) is 18.2 Å². The Morgan fingerprint density at radius 3 is 2.88 bits per heavy atom. The minimum Gasteiger partial charge on any atom is -0.492 e. The zero-order chi connectivity index (χ0) is 17.5. The average Bonchev–Trinajstić information content (AvgIpc) is 2.95. The summed E-state index contributed by atoms with van der Waals surface area (Å²) >= 11 is 0. The van der Waals surface area contributed by atoms with Gasteiger partial charge in [-0.2, -0.15) is 0 Å². The second kappa shape index (κ2) is 8.54. The summed E-state index contributed by atoms with van der Waals surface area (Å²) in [5.74, 6) is 0.539. The van der Waals surface area contributed by atoms with Crippen molar-refractivity contribution in [2.75, 3.05) is 38.2 Å². The van der Waals surface area contributed by atoms with Crippen molar-refractivity contribution in [3.63, 3.8) is 0 Å². The van der Waals surface area contributed by atoms with Crippen molar-refractivity contribution in [2.24, 2.45) is 0 Å². The lowest BCUT2D eigenvalue weighted by Gasteiger charge is -2.16. The molecule has 7 nitrogen and oxygen atoms in total. The quantitative estimate of drug-likeness (QED) is 0.759. The van der Waals surface area contributed by atoms with Crippen molar-refractivity contribution in [3.05, 3.63) is 23.8 Å². The number of hydrogen-bond donors (Lipinski definition) is 2. The first-order chi connectivity index (χ1) is 11.5. The van der Waals surface area contributed by atoms with Crippen LogP contribution in [0.25, 0.3) is 0 Å². The number of hydrogen-bond acceptors (Lipinski definition) is 4. The van der Waals surface area contributed by atoms with Gasteiger partial charge in [0.05, 0.1) is 6.54 Å². The number of aryl methyl sites for hydroxylation is 1.